The number of benzene rings is 1. The van der Waals surface area contributed by atoms with Crippen molar-refractivity contribution in [3.05, 3.63) is 45.6 Å². The zero-order valence-corrected chi connectivity index (χ0v) is 22.6. The number of carbonyl (C=O) groups excluding carboxylic acids is 4. The van der Waals surface area contributed by atoms with Crippen molar-refractivity contribution in [1.29, 1.82) is 0 Å². The summed E-state index contributed by atoms with van der Waals surface area (Å²) in [6, 6.07) is 10.4. The Morgan fingerprint density at radius 2 is 1.86 bits per heavy atom. The lowest BCUT2D eigenvalue weighted by atomic mass is 10.1. The predicted octanol–water partition coefficient (Wildman–Crippen LogP) is 4.44. The fraction of sp³-hybridized carbons (Fsp3) is 0.440. The van der Waals surface area contributed by atoms with Gasteiger partial charge in [-0.05, 0) is 48.7 Å². The van der Waals surface area contributed by atoms with E-state index < -0.39 is 5.91 Å². The number of imide groups is 1. The summed E-state index contributed by atoms with van der Waals surface area (Å²) in [5, 5.41) is 0. The second kappa shape index (κ2) is 13.2. The molecule has 4 amide bonds. The van der Waals surface area contributed by atoms with E-state index in [9.17, 15) is 19.2 Å². The molecule has 1 unspecified atom stereocenters. The number of thiophene rings is 1. The van der Waals surface area contributed by atoms with Crippen LogP contribution >= 0.6 is 34.5 Å². The normalized spacial score (nSPS) is 14.4. The molecule has 0 N–H and O–H groups in total. The number of nitrogens with zero attached hydrogens (tertiary/aromatic N) is 3. The van der Waals surface area contributed by atoms with Gasteiger partial charge in [-0.15, -0.1) is 22.9 Å². The van der Waals surface area contributed by atoms with Crippen LogP contribution in [0.2, 0.25) is 4.34 Å². The Balaban J connectivity index is 1.73. The minimum atomic E-state index is -0.410. The van der Waals surface area contributed by atoms with Crippen LogP contribution in [-0.4, -0.2) is 67.3 Å². The maximum Gasteiger partial charge on any atom is 0.270 e. The van der Waals surface area contributed by atoms with Crippen molar-refractivity contribution in [3.8, 4) is 0 Å². The van der Waals surface area contributed by atoms with Gasteiger partial charge >= 0.3 is 0 Å². The molecular formula is C25H29Cl2N3O5S. The third kappa shape index (κ3) is 7.29. The van der Waals surface area contributed by atoms with Crippen LogP contribution in [0.1, 0.15) is 36.4 Å². The van der Waals surface area contributed by atoms with E-state index in [2.05, 4.69) is 0 Å². The van der Waals surface area contributed by atoms with Crippen LogP contribution < -0.4 is 9.80 Å². The number of hydrogen-bond acceptors (Lipinski definition) is 6. The molecule has 0 aliphatic carbocycles. The molecule has 0 radical (unpaired) electrons. The van der Waals surface area contributed by atoms with Gasteiger partial charge < -0.3 is 14.5 Å². The Morgan fingerprint density at radius 3 is 2.44 bits per heavy atom. The third-order valence-corrected chi connectivity index (χ3v) is 7.17. The fourth-order valence-corrected chi connectivity index (χ4v) is 5.04. The monoisotopic (exact) mass is 553 g/mol. The maximum absolute atomic E-state index is 13.1. The summed E-state index contributed by atoms with van der Waals surface area (Å²) in [5.74, 6) is -0.903. The van der Waals surface area contributed by atoms with Gasteiger partial charge in [0.05, 0.1) is 15.8 Å². The Hall–Kier alpha value is -2.46. The van der Waals surface area contributed by atoms with Crippen molar-refractivity contribution in [1.82, 2.24) is 4.90 Å². The average Bonchev–Trinajstić information content (AvgIpc) is 3.30. The molecule has 2 heterocycles. The Kier molecular flexibility index (Phi) is 10.3. The van der Waals surface area contributed by atoms with E-state index in [1.54, 1.807) is 46.2 Å². The highest BCUT2D eigenvalue weighted by Gasteiger charge is 2.27. The first-order valence-electron chi connectivity index (χ1n) is 11.6. The number of anilines is 2. The molecule has 8 nitrogen and oxygen atoms in total. The number of alkyl halides is 1. The van der Waals surface area contributed by atoms with Crippen LogP contribution in [-0.2, 0) is 19.1 Å². The van der Waals surface area contributed by atoms with Gasteiger partial charge in [0.15, 0.2) is 0 Å². The van der Waals surface area contributed by atoms with Crippen LogP contribution in [0.5, 0.6) is 0 Å². The summed E-state index contributed by atoms with van der Waals surface area (Å²) in [7, 11) is 0. The summed E-state index contributed by atoms with van der Waals surface area (Å²) >= 11 is 12.9. The lowest BCUT2D eigenvalue weighted by Gasteiger charge is -2.30. The van der Waals surface area contributed by atoms with Crippen LogP contribution in [0.15, 0.2) is 36.4 Å². The number of carbonyl (C=O) groups is 4. The number of ether oxygens (including phenoxy) is 1. The maximum atomic E-state index is 13.1. The zero-order chi connectivity index (χ0) is 26.2. The molecule has 36 heavy (non-hydrogen) atoms. The summed E-state index contributed by atoms with van der Waals surface area (Å²) < 4.78 is 5.64. The molecule has 2 aromatic rings. The minimum Gasteiger partial charge on any atom is -0.370 e. The van der Waals surface area contributed by atoms with E-state index in [-0.39, 0.29) is 43.2 Å². The van der Waals surface area contributed by atoms with Gasteiger partial charge in [0.1, 0.15) is 6.61 Å². The molecule has 1 aromatic heterocycles. The Bertz CT molecular complexity index is 1090. The number of rotatable bonds is 10. The molecule has 1 saturated heterocycles. The lowest BCUT2D eigenvalue weighted by Crippen LogP contribution is -2.43. The van der Waals surface area contributed by atoms with E-state index in [0.29, 0.717) is 46.9 Å². The zero-order valence-electron chi connectivity index (χ0n) is 20.2. The highest BCUT2D eigenvalue weighted by molar-refractivity contribution is 7.18. The number of amides is 4. The van der Waals surface area contributed by atoms with Gasteiger partial charge in [0.2, 0.25) is 11.8 Å². The highest BCUT2D eigenvalue weighted by atomic mass is 35.5. The summed E-state index contributed by atoms with van der Waals surface area (Å²) in [4.78, 5) is 55.4. The molecule has 1 atom stereocenters. The molecule has 11 heteroatoms. The van der Waals surface area contributed by atoms with Crippen molar-refractivity contribution in [2.45, 2.75) is 26.7 Å². The average molecular weight is 554 g/mol. The van der Waals surface area contributed by atoms with Crippen molar-refractivity contribution >= 4 is 69.5 Å². The molecule has 0 saturated carbocycles. The molecule has 1 aromatic carbocycles. The summed E-state index contributed by atoms with van der Waals surface area (Å²) in [5.41, 5.74) is 1.40. The van der Waals surface area contributed by atoms with Gasteiger partial charge in [0, 0.05) is 50.2 Å². The first kappa shape index (κ1) is 28.1. The second-order valence-corrected chi connectivity index (χ2v) is 10.6. The smallest absolute Gasteiger partial charge is 0.270 e. The molecule has 1 fully saturated rings. The standard InChI is InChI=1S/C25H29Cl2N3O5S/c1-17(15-30(23(32)4-3-11-26)25(34)21-9-10-22(27)36-21)14-29(18(2)31)20-7-5-19(6-8-20)28-12-13-35-16-24(28)33/h5-10,17H,3-4,11-16H2,1-2H3. The summed E-state index contributed by atoms with van der Waals surface area (Å²) in [6.07, 6.45) is 0.612. The second-order valence-electron chi connectivity index (χ2n) is 8.55. The van der Waals surface area contributed by atoms with Gasteiger partial charge in [-0.1, -0.05) is 18.5 Å². The van der Waals surface area contributed by atoms with Crippen LogP contribution in [0.3, 0.4) is 0 Å². The Labute approximate surface area is 224 Å². The van der Waals surface area contributed by atoms with E-state index in [0.717, 1.165) is 17.0 Å². The topological polar surface area (TPSA) is 87.2 Å². The number of halogens is 2. The molecular weight excluding hydrogens is 525 g/mol. The molecule has 194 valence electrons. The van der Waals surface area contributed by atoms with Crippen LogP contribution in [0.25, 0.3) is 0 Å². The van der Waals surface area contributed by atoms with Gasteiger partial charge in [0.25, 0.3) is 11.8 Å². The quantitative estimate of drug-likeness (QED) is 0.406. The Morgan fingerprint density at radius 1 is 1.14 bits per heavy atom. The van der Waals surface area contributed by atoms with E-state index in [4.69, 9.17) is 27.9 Å². The van der Waals surface area contributed by atoms with Gasteiger partial charge in [-0.25, -0.2) is 0 Å². The van der Waals surface area contributed by atoms with Crippen molar-refractivity contribution in [3.63, 3.8) is 0 Å². The van der Waals surface area contributed by atoms with Gasteiger partial charge in [-0.3, -0.25) is 24.1 Å². The lowest BCUT2D eigenvalue weighted by molar-refractivity contribution is -0.129. The summed E-state index contributed by atoms with van der Waals surface area (Å²) in [6.45, 7) is 4.78. The third-order valence-electron chi connectivity index (χ3n) is 5.68. The molecule has 0 bridgehead atoms. The first-order chi connectivity index (χ1) is 17.2. The van der Waals surface area contributed by atoms with Crippen molar-refractivity contribution < 1.29 is 23.9 Å². The first-order valence-corrected chi connectivity index (χ1v) is 13.4. The molecule has 1 aliphatic heterocycles. The van der Waals surface area contributed by atoms with Crippen molar-refractivity contribution in [2.75, 3.05) is 48.5 Å². The van der Waals surface area contributed by atoms with Crippen LogP contribution in [0, 0.1) is 5.92 Å². The van der Waals surface area contributed by atoms with E-state index in [1.165, 1.54) is 11.8 Å². The van der Waals surface area contributed by atoms with Crippen LogP contribution in [0.4, 0.5) is 11.4 Å². The van der Waals surface area contributed by atoms with Crippen molar-refractivity contribution in [2.24, 2.45) is 5.92 Å². The number of hydrogen-bond donors (Lipinski definition) is 0. The fourth-order valence-electron chi connectivity index (χ4n) is 3.91. The molecule has 0 spiro atoms. The SMILES string of the molecule is CC(=O)N(CC(C)CN(C(=O)CCCCl)C(=O)c1ccc(Cl)s1)c1ccc(N2CCOCC2=O)cc1. The number of morpholine rings is 1. The van der Waals surface area contributed by atoms with E-state index >= 15 is 0 Å². The molecule has 1 aliphatic rings. The highest BCUT2D eigenvalue weighted by Crippen LogP contribution is 2.25. The molecule has 3 rings (SSSR count). The predicted molar refractivity (Wildman–Crippen MR) is 142 cm³/mol. The largest absolute Gasteiger partial charge is 0.370 e. The van der Waals surface area contributed by atoms with Gasteiger partial charge in [-0.2, -0.15) is 0 Å². The van der Waals surface area contributed by atoms with E-state index in [1.807, 2.05) is 6.92 Å². The minimum absolute atomic E-state index is 0.0509.